The molecule has 3 aromatic rings. The summed E-state index contributed by atoms with van der Waals surface area (Å²) in [6.07, 6.45) is 0.902. The monoisotopic (exact) mass is 446 g/mol. The third-order valence-electron chi connectivity index (χ3n) is 5.17. The van der Waals surface area contributed by atoms with Gasteiger partial charge in [0.2, 0.25) is 0 Å². The maximum Gasteiger partial charge on any atom is 0.282 e. The largest absolute Gasteiger partial charge is 0.494 e. The first-order chi connectivity index (χ1) is 15.5. The van der Waals surface area contributed by atoms with Gasteiger partial charge in [-0.1, -0.05) is 54.9 Å². The van der Waals surface area contributed by atoms with Crippen LogP contribution in [-0.2, 0) is 9.59 Å². The SMILES string of the molecule is CCCOc1ccc(C2=C(Nc3cc(Cl)ccc3C)C(=O)N(c3ccccc3)C2=O)cc1. The van der Waals surface area contributed by atoms with E-state index < -0.39 is 5.91 Å². The average Bonchev–Trinajstić information content (AvgIpc) is 3.05. The van der Waals surface area contributed by atoms with Crippen LogP contribution in [0.4, 0.5) is 11.4 Å². The third kappa shape index (κ3) is 4.25. The molecule has 1 aliphatic heterocycles. The van der Waals surface area contributed by atoms with E-state index in [0.717, 1.165) is 12.0 Å². The molecule has 0 saturated heterocycles. The molecule has 1 heterocycles. The fraction of sp³-hybridized carbons (Fsp3) is 0.154. The van der Waals surface area contributed by atoms with Crippen LogP contribution in [0, 0.1) is 6.92 Å². The number of hydrogen-bond acceptors (Lipinski definition) is 4. The lowest BCUT2D eigenvalue weighted by molar-refractivity contribution is -0.120. The summed E-state index contributed by atoms with van der Waals surface area (Å²) in [7, 11) is 0. The van der Waals surface area contributed by atoms with Crippen molar-refractivity contribution in [2.45, 2.75) is 20.3 Å². The zero-order valence-corrected chi connectivity index (χ0v) is 18.6. The summed E-state index contributed by atoms with van der Waals surface area (Å²) < 4.78 is 5.65. The first-order valence-electron chi connectivity index (χ1n) is 10.4. The van der Waals surface area contributed by atoms with E-state index in [9.17, 15) is 9.59 Å². The van der Waals surface area contributed by atoms with E-state index in [2.05, 4.69) is 5.32 Å². The lowest BCUT2D eigenvalue weighted by atomic mass is 10.0. The van der Waals surface area contributed by atoms with Gasteiger partial charge in [-0.05, 0) is 60.9 Å². The smallest absolute Gasteiger partial charge is 0.282 e. The van der Waals surface area contributed by atoms with Crippen molar-refractivity contribution in [3.63, 3.8) is 0 Å². The molecule has 4 rings (SSSR count). The van der Waals surface area contributed by atoms with Gasteiger partial charge < -0.3 is 10.1 Å². The molecule has 0 fully saturated rings. The van der Waals surface area contributed by atoms with Crippen molar-refractivity contribution in [3.8, 4) is 5.75 Å². The quantitative estimate of drug-likeness (QED) is 0.463. The van der Waals surface area contributed by atoms with Gasteiger partial charge in [-0.2, -0.15) is 0 Å². The van der Waals surface area contributed by atoms with Gasteiger partial charge in [0, 0.05) is 10.7 Å². The van der Waals surface area contributed by atoms with E-state index in [1.165, 1.54) is 4.90 Å². The fourth-order valence-electron chi connectivity index (χ4n) is 3.53. The molecular formula is C26H23ClN2O3. The Balaban J connectivity index is 1.78. The Morgan fingerprint density at radius 2 is 1.66 bits per heavy atom. The number of hydrogen-bond donors (Lipinski definition) is 1. The minimum atomic E-state index is -0.415. The molecular weight excluding hydrogens is 424 g/mol. The molecule has 32 heavy (non-hydrogen) atoms. The topological polar surface area (TPSA) is 58.6 Å². The number of aryl methyl sites for hydroxylation is 1. The lowest BCUT2D eigenvalue weighted by Crippen LogP contribution is -2.32. The number of nitrogens with zero attached hydrogens (tertiary/aromatic N) is 1. The number of amides is 2. The molecule has 0 saturated carbocycles. The molecule has 2 amide bonds. The summed E-state index contributed by atoms with van der Waals surface area (Å²) in [6, 6.07) is 21.5. The van der Waals surface area contributed by atoms with Crippen LogP contribution in [0.15, 0.2) is 78.5 Å². The van der Waals surface area contributed by atoms with Gasteiger partial charge in [-0.15, -0.1) is 0 Å². The Hall–Kier alpha value is -3.57. The van der Waals surface area contributed by atoms with Gasteiger partial charge >= 0.3 is 0 Å². The van der Waals surface area contributed by atoms with Crippen LogP contribution in [0.25, 0.3) is 5.57 Å². The summed E-state index contributed by atoms with van der Waals surface area (Å²) in [5.74, 6) is -0.0828. The molecule has 162 valence electrons. The number of benzene rings is 3. The third-order valence-corrected chi connectivity index (χ3v) is 5.41. The van der Waals surface area contributed by atoms with Gasteiger partial charge in [-0.25, -0.2) is 4.90 Å². The van der Waals surface area contributed by atoms with Crippen molar-refractivity contribution in [2.75, 3.05) is 16.8 Å². The van der Waals surface area contributed by atoms with Gasteiger partial charge in [0.1, 0.15) is 11.4 Å². The minimum Gasteiger partial charge on any atom is -0.494 e. The normalized spacial score (nSPS) is 13.7. The minimum absolute atomic E-state index is 0.214. The van der Waals surface area contributed by atoms with E-state index in [0.29, 0.717) is 39.9 Å². The van der Waals surface area contributed by atoms with E-state index in [1.54, 1.807) is 48.5 Å². The predicted molar refractivity (Wildman–Crippen MR) is 128 cm³/mol. The van der Waals surface area contributed by atoms with Gasteiger partial charge in [0.15, 0.2) is 0 Å². The number of nitrogens with one attached hydrogen (secondary N) is 1. The van der Waals surface area contributed by atoms with Gasteiger partial charge in [0.25, 0.3) is 11.8 Å². The standard InChI is InChI=1S/C26H23ClN2O3/c1-3-15-32-21-13-10-18(11-14-21)23-24(28-22-16-19(27)12-9-17(22)2)26(31)29(25(23)30)20-7-5-4-6-8-20/h4-14,16,28H,3,15H2,1-2H3. The zero-order chi connectivity index (χ0) is 22.7. The Bertz CT molecular complexity index is 1190. The molecule has 1 N–H and O–H groups in total. The highest BCUT2D eigenvalue weighted by Crippen LogP contribution is 2.35. The summed E-state index contributed by atoms with van der Waals surface area (Å²) in [5, 5.41) is 3.72. The van der Waals surface area contributed by atoms with E-state index >= 15 is 0 Å². The second-order valence-electron chi connectivity index (χ2n) is 7.49. The van der Waals surface area contributed by atoms with E-state index in [4.69, 9.17) is 16.3 Å². The summed E-state index contributed by atoms with van der Waals surface area (Å²) in [6.45, 7) is 4.56. The predicted octanol–water partition coefficient (Wildman–Crippen LogP) is 5.83. The highest BCUT2D eigenvalue weighted by molar-refractivity contribution is 6.46. The number of para-hydroxylation sites is 1. The van der Waals surface area contributed by atoms with Crippen molar-refractivity contribution in [3.05, 3.63) is 94.6 Å². The fourth-order valence-corrected chi connectivity index (χ4v) is 3.70. The van der Waals surface area contributed by atoms with Crippen LogP contribution in [0.2, 0.25) is 5.02 Å². The summed E-state index contributed by atoms with van der Waals surface area (Å²) in [5.41, 5.74) is 3.24. The summed E-state index contributed by atoms with van der Waals surface area (Å²) >= 11 is 6.17. The molecule has 3 aromatic carbocycles. The van der Waals surface area contributed by atoms with Crippen molar-refractivity contribution in [1.82, 2.24) is 0 Å². The number of rotatable bonds is 7. The van der Waals surface area contributed by atoms with Crippen molar-refractivity contribution in [1.29, 1.82) is 0 Å². The number of anilines is 2. The number of halogens is 1. The molecule has 0 atom stereocenters. The lowest BCUT2D eigenvalue weighted by Gasteiger charge is -2.15. The average molecular weight is 447 g/mol. The molecule has 5 nitrogen and oxygen atoms in total. The zero-order valence-electron chi connectivity index (χ0n) is 17.9. The molecule has 0 spiro atoms. The van der Waals surface area contributed by atoms with Gasteiger partial charge in [-0.3, -0.25) is 9.59 Å². The van der Waals surface area contributed by atoms with Crippen LogP contribution < -0.4 is 15.0 Å². The van der Waals surface area contributed by atoms with Gasteiger partial charge in [0.05, 0.1) is 17.9 Å². The number of carbonyl (C=O) groups excluding carboxylic acids is 2. The molecule has 0 unspecified atom stereocenters. The van der Waals surface area contributed by atoms with Crippen LogP contribution in [0.1, 0.15) is 24.5 Å². The first-order valence-corrected chi connectivity index (χ1v) is 10.8. The number of carbonyl (C=O) groups is 2. The van der Waals surface area contributed by atoms with E-state index in [-0.39, 0.29) is 11.6 Å². The molecule has 0 radical (unpaired) electrons. The molecule has 0 aliphatic carbocycles. The number of imide groups is 1. The second kappa shape index (κ2) is 9.28. The Morgan fingerprint density at radius 1 is 0.938 bits per heavy atom. The maximum absolute atomic E-state index is 13.5. The highest BCUT2D eigenvalue weighted by Gasteiger charge is 2.40. The van der Waals surface area contributed by atoms with E-state index in [1.807, 2.05) is 38.1 Å². The maximum atomic E-state index is 13.5. The number of ether oxygens (including phenoxy) is 1. The molecule has 0 aromatic heterocycles. The highest BCUT2D eigenvalue weighted by atomic mass is 35.5. The first kappa shape index (κ1) is 21.7. The van der Waals surface area contributed by atoms with Crippen LogP contribution in [0.5, 0.6) is 5.75 Å². The van der Waals surface area contributed by atoms with Crippen molar-refractivity contribution >= 4 is 40.4 Å². The van der Waals surface area contributed by atoms with Crippen molar-refractivity contribution in [2.24, 2.45) is 0 Å². The Morgan fingerprint density at radius 3 is 2.34 bits per heavy atom. The molecule has 0 bridgehead atoms. The van der Waals surface area contributed by atoms with Crippen LogP contribution in [0.3, 0.4) is 0 Å². The molecule has 1 aliphatic rings. The molecule has 6 heteroatoms. The van der Waals surface area contributed by atoms with Crippen LogP contribution >= 0.6 is 11.6 Å². The van der Waals surface area contributed by atoms with Crippen LogP contribution in [-0.4, -0.2) is 18.4 Å². The summed E-state index contributed by atoms with van der Waals surface area (Å²) in [4.78, 5) is 28.1. The Labute approximate surface area is 192 Å². The Kier molecular flexibility index (Phi) is 6.28. The second-order valence-corrected chi connectivity index (χ2v) is 7.92. The van der Waals surface area contributed by atoms with Crippen molar-refractivity contribution < 1.29 is 14.3 Å².